The van der Waals surface area contributed by atoms with Gasteiger partial charge in [-0.25, -0.2) is 4.79 Å². The molecular formula is C32H25Cl2NO6. The Morgan fingerprint density at radius 3 is 2.51 bits per heavy atom. The molecule has 0 radical (unpaired) electrons. The molecule has 6 rings (SSSR count). The van der Waals surface area contributed by atoms with Gasteiger partial charge in [-0.1, -0.05) is 53.5 Å². The quantitative estimate of drug-likeness (QED) is 0.133. The third-order valence-corrected chi connectivity index (χ3v) is 7.94. The zero-order chi connectivity index (χ0) is 29.1. The van der Waals surface area contributed by atoms with E-state index in [1.165, 1.54) is 19.3 Å². The van der Waals surface area contributed by atoms with Gasteiger partial charge in [0, 0.05) is 27.6 Å². The second-order valence-corrected chi connectivity index (χ2v) is 11.3. The maximum absolute atomic E-state index is 13.8. The second-order valence-electron chi connectivity index (χ2n) is 10.4. The Labute approximate surface area is 244 Å². The minimum Gasteiger partial charge on any atom is -0.496 e. The SMILES string of the molecule is COc1cc2c(c3[nH]c4cc5ccccc5cc4c(=O)c13)C(O)C(OC(=O)/C=C/c1ccc(Cl)cc1Cl)C(C)(C)O2. The number of hydrogen-bond acceptors (Lipinski definition) is 6. The highest BCUT2D eigenvalue weighted by atomic mass is 35.5. The number of benzene rings is 4. The number of halogens is 2. The van der Waals surface area contributed by atoms with Crippen LogP contribution in [0.5, 0.6) is 11.5 Å². The Bertz CT molecular complexity index is 1960. The molecule has 4 aromatic carbocycles. The van der Waals surface area contributed by atoms with E-state index in [0.717, 1.165) is 10.8 Å². The molecular weight excluding hydrogens is 565 g/mol. The highest BCUT2D eigenvalue weighted by Crippen LogP contribution is 2.47. The molecule has 0 saturated heterocycles. The fourth-order valence-electron chi connectivity index (χ4n) is 5.38. The first-order valence-electron chi connectivity index (χ1n) is 12.9. The number of aromatic nitrogens is 1. The molecule has 5 aromatic rings. The van der Waals surface area contributed by atoms with E-state index in [9.17, 15) is 14.7 Å². The number of carbonyl (C=O) groups excluding carboxylic acids is 1. The normalized spacial score (nSPS) is 18.0. The molecule has 2 atom stereocenters. The maximum atomic E-state index is 13.8. The third kappa shape index (κ3) is 4.70. The van der Waals surface area contributed by atoms with Crippen LogP contribution >= 0.6 is 23.2 Å². The largest absolute Gasteiger partial charge is 0.496 e. The average Bonchev–Trinajstić information content (AvgIpc) is 2.93. The molecule has 1 aliphatic rings. The van der Waals surface area contributed by atoms with Crippen molar-refractivity contribution in [1.29, 1.82) is 0 Å². The van der Waals surface area contributed by atoms with Crippen molar-refractivity contribution < 1.29 is 24.1 Å². The molecule has 208 valence electrons. The van der Waals surface area contributed by atoms with Crippen LogP contribution in [0, 0.1) is 0 Å². The number of H-pyrrole nitrogens is 1. The number of aliphatic hydroxyl groups excluding tert-OH is 1. The van der Waals surface area contributed by atoms with Crippen molar-refractivity contribution in [2.75, 3.05) is 7.11 Å². The summed E-state index contributed by atoms with van der Waals surface area (Å²) in [5.41, 5.74) is 0.431. The lowest BCUT2D eigenvalue weighted by Gasteiger charge is -2.42. The van der Waals surface area contributed by atoms with Gasteiger partial charge in [0.25, 0.3) is 0 Å². The van der Waals surface area contributed by atoms with Crippen LogP contribution in [0.2, 0.25) is 10.0 Å². The van der Waals surface area contributed by atoms with Crippen molar-refractivity contribution >= 4 is 67.8 Å². The highest BCUT2D eigenvalue weighted by Gasteiger charge is 2.47. The van der Waals surface area contributed by atoms with Crippen molar-refractivity contribution in [3.63, 3.8) is 0 Å². The van der Waals surface area contributed by atoms with Crippen LogP contribution in [-0.4, -0.2) is 34.9 Å². The smallest absolute Gasteiger partial charge is 0.331 e. The molecule has 0 aliphatic carbocycles. The van der Waals surface area contributed by atoms with Crippen LogP contribution < -0.4 is 14.9 Å². The van der Waals surface area contributed by atoms with Crippen molar-refractivity contribution in [3.05, 3.63) is 98.1 Å². The first-order chi connectivity index (χ1) is 19.6. The Kier molecular flexibility index (Phi) is 6.69. The van der Waals surface area contributed by atoms with E-state index in [4.69, 9.17) is 37.4 Å². The van der Waals surface area contributed by atoms with Crippen molar-refractivity contribution in [2.24, 2.45) is 0 Å². The van der Waals surface area contributed by atoms with Gasteiger partial charge in [-0.3, -0.25) is 4.79 Å². The number of esters is 1. The number of carbonyl (C=O) groups is 1. The lowest BCUT2D eigenvalue weighted by atomic mass is 9.86. The number of fused-ring (bicyclic) bond motifs is 5. The Morgan fingerprint density at radius 2 is 1.80 bits per heavy atom. The summed E-state index contributed by atoms with van der Waals surface area (Å²) < 4.78 is 17.6. The Morgan fingerprint density at radius 1 is 1.07 bits per heavy atom. The van der Waals surface area contributed by atoms with Gasteiger partial charge in [-0.2, -0.15) is 0 Å². The summed E-state index contributed by atoms with van der Waals surface area (Å²) in [5, 5.41) is 15.1. The molecule has 0 bridgehead atoms. The van der Waals surface area contributed by atoms with Gasteiger partial charge < -0.3 is 24.3 Å². The number of aliphatic hydroxyl groups is 1. The third-order valence-electron chi connectivity index (χ3n) is 7.38. The Hall–Kier alpha value is -4.04. The van der Waals surface area contributed by atoms with Gasteiger partial charge in [-0.05, 0) is 60.5 Å². The molecule has 0 spiro atoms. The number of pyridine rings is 1. The maximum Gasteiger partial charge on any atom is 0.331 e. The van der Waals surface area contributed by atoms with Gasteiger partial charge >= 0.3 is 5.97 Å². The predicted octanol–water partition coefficient (Wildman–Crippen LogP) is 6.98. The monoisotopic (exact) mass is 589 g/mol. The van der Waals surface area contributed by atoms with Crippen LogP contribution in [0.15, 0.2) is 71.5 Å². The summed E-state index contributed by atoms with van der Waals surface area (Å²) in [7, 11) is 1.47. The van der Waals surface area contributed by atoms with Crippen molar-refractivity contribution in [3.8, 4) is 11.5 Å². The number of methoxy groups -OCH3 is 1. The van der Waals surface area contributed by atoms with Crippen molar-refractivity contribution in [1.82, 2.24) is 4.98 Å². The molecule has 7 nitrogen and oxygen atoms in total. The zero-order valence-electron chi connectivity index (χ0n) is 22.3. The molecule has 2 heterocycles. The van der Waals surface area contributed by atoms with Gasteiger partial charge in [0.05, 0.1) is 29.1 Å². The summed E-state index contributed by atoms with van der Waals surface area (Å²) >= 11 is 12.2. The number of nitrogens with one attached hydrogen (secondary N) is 1. The van der Waals surface area contributed by atoms with Crippen LogP contribution in [0.3, 0.4) is 0 Å². The molecule has 0 amide bonds. The van der Waals surface area contributed by atoms with Crippen LogP contribution in [0.25, 0.3) is 38.7 Å². The average molecular weight is 590 g/mol. The van der Waals surface area contributed by atoms with Crippen LogP contribution in [0.4, 0.5) is 0 Å². The zero-order valence-corrected chi connectivity index (χ0v) is 23.8. The number of rotatable bonds is 4. The fourth-order valence-corrected chi connectivity index (χ4v) is 5.86. The van der Waals surface area contributed by atoms with E-state index < -0.39 is 23.8 Å². The molecule has 2 unspecified atom stereocenters. The van der Waals surface area contributed by atoms with Gasteiger partial charge in [0.2, 0.25) is 5.43 Å². The van der Waals surface area contributed by atoms with Crippen molar-refractivity contribution in [2.45, 2.75) is 31.7 Å². The molecule has 0 fully saturated rings. The first-order valence-corrected chi connectivity index (χ1v) is 13.6. The molecule has 1 aromatic heterocycles. The van der Waals surface area contributed by atoms with E-state index in [-0.39, 0.29) is 10.8 Å². The number of ether oxygens (including phenoxy) is 3. The van der Waals surface area contributed by atoms with E-state index in [0.29, 0.717) is 49.1 Å². The molecule has 9 heteroatoms. The summed E-state index contributed by atoms with van der Waals surface area (Å²) in [4.78, 5) is 30.1. The highest BCUT2D eigenvalue weighted by molar-refractivity contribution is 6.35. The predicted molar refractivity (Wildman–Crippen MR) is 161 cm³/mol. The summed E-state index contributed by atoms with van der Waals surface area (Å²) in [6, 6.07) is 18.0. The topological polar surface area (TPSA) is 97.9 Å². The minimum atomic E-state index is -1.33. The van der Waals surface area contributed by atoms with Gasteiger partial charge in [0.15, 0.2) is 6.10 Å². The summed E-state index contributed by atoms with van der Waals surface area (Å²) in [5.74, 6) is -0.0851. The molecule has 0 saturated carbocycles. The van der Waals surface area contributed by atoms with Gasteiger partial charge in [0.1, 0.15) is 23.2 Å². The van der Waals surface area contributed by atoms with Crippen LogP contribution in [-0.2, 0) is 9.53 Å². The lowest BCUT2D eigenvalue weighted by molar-refractivity contribution is -0.171. The van der Waals surface area contributed by atoms with Crippen LogP contribution in [0.1, 0.15) is 31.1 Å². The number of hydrogen-bond donors (Lipinski definition) is 2. The minimum absolute atomic E-state index is 0.257. The van der Waals surface area contributed by atoms with E-state index in [2.05, 4.69) is 4.98 Å². The summed E-state index contributed by atoms with van der Waals surface area (Å²) in [6.45, 7) is 3.42. The van der Waals surface area contributed by atoms with E-state index in [1.807, 2.05) is 36.4 Å². The molecule has 1 aliphatic heterocycles. The summed E-state index contributed by atoms with van der Waals surface area (Å²) in [6.07, 6.45) is 0.291. The molecule has 41 heavy (non-hydrogen) atoms. The first kappa shape index (κ1) is 27.1. The number of aromatic amines is 1. The second kappa shape index (κ2) is 10.1. The van der Waals surface area contributed by atoms with E-state index >= 15 is 0 Å². The standard InChI is InChI=1S/C32H25Cl2NO6/c1-32(2)31(40-25(36)11-9-16-8-10-19(33)14-21(16)34)30(38)27-24(41-32)15-23(39-3)26-28(27)35-22-13-18-7-5-4-6-17(18)12-20(22)29(26)37/h4-15,30-31,38H,1-3H3,(H,35,37)/b11-9+. The Balaban J connectivity index is 1.46. The van der Waals surface area contributed by atoms with E-state index in [1.54, 1.807) is 38.1 Å². The lowest BCUT2D eigenvalue weighted by Crippen LogP contribution is -2.51. The fraction of sp³-hybridized carbons (Fsp3) is 0.188. The van der Waals surface area contributed by atoms with Gasteiger partial charge in [-0.15, -0.1) is 0 Å². The molecule has 2 N–H and O–H groups in total.